The van der Waals surface area contributed by atoms with Crippen molar-refractivity contribution in [3.05, 3.63) is 68.1 Å². The minimum atomic E-state index is -0.445. The Morgan fingerprint density at radius 2 is 1.95 bits per heavy atom. The number of nitrogens with one attached hydrogen (secondary N) is 1. The molecule has 1 aromatic carbocycles. The first-order chi connectivity index (χ1) is 9.40. The van der Waals surface area contributed by atoms with Crippen LogP contribution < -0.4 is 11.3 Å². The number of carbonyl (C=O) groups is 1. The van der Waals surface area contributed by atoms with E-state index in [9.17, 15) is 9.59 Å². The van der Waals surface area contributed by atoms with Crippen molar-refractivity contribution in [2.75, 3.05) is 0 Å². The van der Waals surface area contributed by atoms with Crippen LogP contribution in [0.25, 0.3) is 0 Å². The Balaban J connectivity index is 2.49. The Morgan fingerprint density at radius 1 is 1.25 bits per heavy atom. The van der Waals surface area contributed by atoms with Crippen LogP contribution in [-0.2, 0) is 6.42 Å². The summed E-state index contributed by atoms with van der Waals surface area (Å²) in [6, 6.07) is 7.36. The van der Waals surface area contributed by atoms with Gasteiger partial charge in [0.2, 0.25) is 5.91 Å². The summed E-state index contributed by atoms with van der Waals surface area (Å²) >= 11 is 0. The average Bonchev–Trinajstić information content (AvgIpc) is 2.35. The van der Waals surface area contributed by atoms with Gasteiger partial charge in [-0.1, -0.05) is 12.1 Å². The molecule has 0 aliphatic rings. The van der Waals surface area contributed by atoms with Crippen molar-refractivity contribution in [1.82, 2.24) is 4.98 Å². The van der Waals surface area contributed by atoms with E-state index in [2.05, 4.69) is 4.98 Å². The standard InChI is InChI=1S/C16H18N2O2/c1-9-7-10(2)18-16(20)14(9)8-12-5-4-6-13(11(12)3)15(17)19/h4-7H,8H2,1-3H3,(H2,17,19)(H,18,20). The van der Waals surface area contributed by atoms with Crippen molar-refractivity contribution in [3.63, 3.8) is 0 Å². The van der Waals surface area contributed by atoms with Crippen molar-refractivity contribution in [2.24, 2.45) is 5.73 Å². The summed E-state index contributed by atoms with van der Waals surface area (Å²) < 4.78 is 0. The molecule has 0 aliphatic carbocycles. The van der Waals surface area contributed by atoms with E-state index in [1.165, 1.54) is 0 Å². The molecule has 20 heavy (non-hydrogen) atoms. The number of carbonyl (C=O) groups excluding carboxylic acids is 1. The monoisotopic (exact) mass is 270 g/mol. The summed E-state index contributed by atoms with van der Waals surface area (Å²) in [5.74, 6) is -0.445. The molecule has 1 heterocycles. The fourth-order valence-electron chi connectivity index (χ4n) is 2.43. The first kappa shape index (κ1) is 14.1. The smallest absolute Gasteiger partial charge is 0.251 e. The number of rotatable bonds is 3. The zero-order chi connectivity index (χ0) is 14.9. The highest BCUT2D eigenvalue weighted by molar-refractivity contribution is 5.94. The second-order valence-electron chi connectivity index (χ2n) is 5.07. The van der Waals surface area contributed by atoms with Crippen molar-refractivity contribution < 1.29 is 4.79 Å². The molecule has 0 radical (unpaired) electrons. The third kappa shape index (κ3) is 2.64. The van der Waals surface area contributed by atoms with Gasteiger partial charge in [0.25, 0.3) is 5.56 Å². The fourth-order valence-corrected chi connectivity index (χ4v) is 2.43. The summed E-state index contributed by atoms with van der Waals surface area (Å²) in [5, 5.41) is 0. The van der Waals surface area contributed by atoms with Gasteiger partial charge < -0.3 is 10.7 Å². The summed E-state index contributed by atoms with van der Waals surface area (Å²) in [5.41, 5.74) is 10.1. The van der Waals surface area contributed by atoms with Crippen molar-refractivity contribution in [2.45, 2.75) is 27.2 Å². The number of primary amides is 1. The van der Waals surface area contributed by atoms with Gasteiger partial charge in [0, 0.05) is 23.2 Å². The van der Waals surface area contributed by atoms with Crippen LogP contribution in [0, 0.1) is 20.8 Å². The maximum absolute atomic E-state index is 12.0. The van der Waals surface area contributed by atoms with Gasteiger partial charge in [-0.3, -0.25) is 9.59 Å². The largest absolute Gasteiger partial charge is 0.366 e. The fraction of sp³-hybridized carbons (Fsp3) is 0.250. The number of hydrogen-bond acceptors (Lipinski definition) is 2. The van der Waals surface area contributed by atoms with Gasteiger partial charge in [0.15, 0.2) is 0 Å². The van der Waals surface area contributed by atoms with Crippen molar-refractivity contribution >= 4 is 5.91 Å². The van der Waals surface area contributed by atoms with Gasteiger partial charge in [0.05, 0.1) is 0 Å². The molecule has 0 spiro atoms. The number of nitrogens with two attached hydrogens (primary N) is 1. The quantitative estimate of drug-likeness (QED) is 0.894. The number of hydrogen-bond donors (Lipinski definition) is 2. The van der Waals surface area contributed by atoms with Gasteiger partial charge in [-0.2, -0.15) is 0 Å². The summed E-state index contributed by atoms with van der Waals surface area (Å²) in [7, 11) is 0. The molecule has 2 aromatic rings. The Bertz CT molecular complexity index is 730. The van der Waals surface area contributed by atoms with Gasteiger partial charge >= 0.3 is 0 Å². The van der Waals surface area contributed by atoms with Crippen LogP contribution in [0.2, 0.25) is 0 Å². The van der Waals surface area contributed by atoms with E-state index in [1.807, 2.05) is 32.9 Å². The first-order valence-corrected chi connectivity index (χ1v) is 6.48. The zero-order valence-electron chi connectivity index (χ0n) is 11.9. The molecule has 0 fully saturated rings. The van der Waals surface area contributed by atoms with Crippen LogP contribution in [0.1, 0.15) is 38.3 Å². The molecule has 3 N–H and O–H groups in total. The lowest BCUT2D eigenvalue weighted by Gasteiger charge is -2.11. The zero-order valence-corrected chi connectivity index (χ0v) is 11.9. The molecule has 2 rings (SSSR count). The third-order valence-electron chi connectivity index (χ3n) is 3.57. The van der Waals surface area contributed by atoms with Crippen LogP contribution in [-0.4, -0.2) is 10.9 Å². The van der Waals surface area contributed by atoms with E-state index in [1.54, 1.807) is 12.1 Å². The highest BCUT2D eigenvalue weighted by atomic mass is 16.1. The Kier molecular flexibility index (Phi) is 3.74. The Morgan fingerprint density at radius 3 is 2.55 bits per heavy atom. The van der Waals surface area contributed by atoms with E-state index >= 15 is 0 Å². The van der Waals surface area contributed by atoms with E-state index in [4.69, 9.17) is 5.73 Å². The van der Waals surface area contributed by atoms with Crippen LogP contribution in [0.15, 0.2) is 29.1 Å². The average molecular weight is 270 g/mol. The molecule has 0 atom stereocenters. The maximum atomic E-state index is 12.0. The Hall–Kier alpha value is -2.36. The van der Waals surface area contributed by atoms with Crippen LogP contribution in [0.5, 0.6) is 0 Å². The predicted molar refractivity (Wildman–Crippen MR) is 79.0 cm³/mol. The molecular formula is C16H18N2O2. The van der Waals surface area contributed by atoms with Gasteiger partial charge in [-0.05, 0) is 49.6 Å². The lowest BCUT2D eigenvalue weighted by Crippen LogP contribution is -2.17. The molecule has 104 valence electrons. The maximum Gasteiger partial charge on any atom is 0.251 e. The number of H-pyrrole nitrogens is 1. The normalized spacial score (nSPS) is 10.6. The molecule has 1 aromatic heterocycles. The van der Waals surface area contributed by atoms with Gasteiger partial charge in [-0.25, -0.2) is 0 Å². The first-order valence-electron chi connectivity index (χ1n) is 6.48. The number of pyridine rings is 1. The molecular weight excluding hydrogens is 252 g/mol. The van der Waals surface area contributed by atoms with Crippen molar-refractivity contribution in [3.8, 4) is 0 Å². The molecule has 0 aliphatic heterocycles. The van der Waals surface area contributed by atoms with E-state index < -0.39 is 5.91 Å². The minimum absolute atomic E-state index is 0.0774. The summed E-state index contributed by atoms with van der Waals surface area (Å²) in [6.07, 6.45) is 0.494. The highest BCUT2D eigenvalue weighted by Gasteiger charge is 2.12. The Labute approximate surface area is 117 Å². The number of aryl methyl sites for hydroxylation is 2. The highest BCUT2D eigenvalue weighted by Crippen LogP contribution is 2.17. The molecule has 0 bridgehead atoms. The van der Waals surface area contributed by atoms with E-state index in [0.717, 1.165) is 27.9 Å². The van der Waals surface area contributed by atoms with Crippen molar-refractivity contribution in [1.29, 1.82) is 0 Å². The van der Waals surface area contributed by atoms with Crippen LogP contribution in [0.4, 0.5) is 0 Å². The second-order valence-corrected chi connectivity index (χ2v) is 5.07. The summed E-state index contributed by atoms with van der Waals surface area (Å²) in [4.78, 5) is 26.2. The second kappa shape index (κ2) is 5.33. The summed E-state index contributed by atoms with van der Waals surface area (Å²) in [6.45, 7) is 5.63. The lowest BCUT2D eigenvalue weighted by molar-refractivity contribution is 0.0999. The van der Waals surface area contributed by atoms with Gasteiger partial charge in [-0.15, -0.1) is 0 Å². The third-order valence-corrected chi connectivity index (χ3v) is 3.57. The SMILES string of the molecule is Cc1cc(C)c(Cc2cccc(C(N)=O)c2C)c(=O)[nH]1. The minimum Gasteiger partial charge on any atom is -0.366 e. The van der Waals surface area contributed by atoms with Crippen LogP contribution in [0.3, 0.4) is 0 Å². The van der Waals surface area contributed by atoms with E-state index in [-0.39, 0.29) is 5.56 Å². The number of benzene rings is 1. The topological polar surface area (TPSA) is 76.0 Å². The van der Waals surface area contributed by atoms with E-state index in [0.29, 0.717) is 12.0 Å². The number of amides is 1. The lowest BCUT2D eigenvalue weighted by atomic mass is 9.95. The molecule has 0 unspecified atom stereocenters. The van der Waals surface area contributed by atoms with Crippen LogP contribution >= 0.6 is 0 Å². The number of aromatic amines is 1. The van der Waals surface area contributed by atoms with Gasteiger partial charge in [0.1, 0.15) is 0 Å². The molecule has 0 saturated heterocycles. The molecule has 4 nitrogen and oxygen atoms in total. The predicted octanol–water partition coefficient (Wildman–Crippen LogP) is 1.99. The molecule has 4 heteroatoms. The molecule has 0 saturated carbocycles. The number of aromatic nitrogens is 1. The molecule has 1 amide bonds.